The van der Waals surface area contributed by atoms with Crippen LogP contribution >= 0.6 is 0 Å². The number of nitrogens with one attached hydrogen (secondary N) is 1. The summed E-state index contributed by atoms with van der Waals surface area (Å²) >= 11 is 0. The van der Waals surface area contributed by atoms with Gasteiger partial charge in [0.25, 0.3) is 0 Å². The molecule has 0 aliphatic rings. The monoisotopic (exact) mass is 292 g/mol. The van der Waals surface area contributed by atoms with Crippen LogP contribution in [0.1, 0.15) is 18.4 Å². The molecular formula is C16H28N4O. The van der Waals surface area contributed by atoms with Crippen molar-refractivity contribution in [1.82, 2.24) is 9.80 Å². The zero-order valence-corrected chi connectivity index (χ0v) is 13.4. The molecule has 1 amide bonds. The van der Waals surface area contributed by atoms with Gasteiger partial charge in [-0.15, -0.1) is 0 Å². The molecule has 3 N–H and O–H groups in total. The molecule has 0 spiro atoms. The maximum atomic E-state index is 11.9. The minimum Gasteiger partial charge on any atom is -0.326 e. The molecule has 0 heterocycles. The van der Waals surface area contributed by atoms with Gasteiger partial charge in [0, 0.05) is 31.7 Å². The fraction of sp³-hybridized carbons (Fsp3) is 0.562. The normalized spacial score (nSPS) is 11.1. The van der Waals surface area contributed by atoms with Gasteiger partial charge in [-0.25, -0.2) is 0 Å². The number of carbonyl (C=O) groups is 1. The number of amides is 1. The van der Waals surface area contributed by atoms with Gasteiger partial charge < -0.3 is 20.9 Å². The molecule has 0 aliphatic heterocycles. The van der Waals surface area contributed by atoms with E-state index < -0.39 is 0 Å². The van der Waals surface area contributed by atoms with Crippen LogP contribution in [0.3, 0.4) is 0 Å². The first-order chi connectivity index (χ1) is 10.0. The quantitative estimate of drug-likeness (QED) is 0.721. The minimum atomic E-state index is 0.0604. The van der Waals surface area contributed by atoms with Gasteiger partial charge in [-0.2, -0.15) is 0 Å². The van der Waals surface area contributed by atoms with Gasteiger partial charge >= 0.3 is 0 Å². The van der Waals surface area contributed by atoms with Crippen molar-refractivity contribution in [2.75, 3.05) is 46.1 Å². The lowest BCUT2D eigenvalue weighted by Crippen LogP contribution is -2.29. The van der Waals surface area contributed by atoms with Crippen LogP contribution in [0.25, 0.3) is 0 Å². The molecule has 5 heteroatoms. The van der Waals surface area contributed by atoms with Crippen molar-refractivity contribution >= 4 is 11.6 Å². The second-order valence-electron chi connectivity index (χ2n) is 5.66. The average molecular weight is 292 g/mol. The fourth-order valence-corrected chi connectivity index (χ4v) is 1.99. The van der Waals surface area contributed by atoms with Crippen LogP contribution in [0.15, 0.2) is 24.3 Å². The Kier molecular flexibility index (Phi) is 7.97. The lowest BCUT2D eigenvalue weighted by atomic mass is 10.2. The fourth-order valence-electron chi connectivity index (χ4n) is 1.99. The van der Waals surface area contributed by atoms with Crippen molar-refractivity contribution < 1.29 is 4.79 Å². The van der Waals surface area contributed by atoms with E-state index in [9.17, 15) is 4.79 Å². The number of rotatable bonds is 9. The molecule has 0 bridgehead atoms. The number of nitrogens with zero attached hydrogens (tertiary/aromatic N) is 2. The van der Waals surface area contributed by atoms with Crippen LogP contribution in [0.5, 0.6) is 0 Å². The third-order valence-corrected chi connectivity index (χ3v) is 3.32. The summed E-state index contributed by atoms with van der Waals surface area (Å²) in [5.41, 5.74) is 7.44. The largest absolute Gasteiger partial charge is 0.326 e. The lowest BCUT2D eigenvalue weighted by molar-refractivity contribution is -0.116. The maximum absolute atomic E-state index is 11.9. The summed E-state index contributed by atoms with van der Waals surface area (Å²) in [6, 6.07) is 7.67. The van der Waals surface area contributed by atoms with Crippen LogP contribution in [-0.4, -0.2) is 56.5 Å². The van der Waals surface area contributed by atoms with Gasteiger partial charge in [-0.3, -0.25) is 4.79 Å². The Hall–Kier alpha value is -1.43. The average Bonchev–Trinajstić information content (AvgIpc) is 2.45. The van der Waals surface area contributed by atoms with E-state index in [0.29, 0.717) is 13.0 Å². The van der Waals surface area contributed by atoms with E-state index in [-0.39, 0.29) is 5.91 Å². The van der Waals surface area contributed by atoms with Crippen LogP contribution in [-0.2, 0) is 11.3 Å². The van der Waals surface area contributed by atoms with Gasteiger partial charge in [0.2, 0.25) is 5.91 Å². The summed E-state index contributed by atoms with van der Waals surface area (Å²) in [7, 11) is 6.22. The van der Waals surface area contributed by atoms with E-state index in [1.807, 2.05) is 24.3 Å². The summed E-state index contributed by atoms with van der Waals surface area (Å²) in [4.78, 5) is 16.3. The molecule has 0 radical (unpaired) electrons. The molecule has 118 valence electrons. The zero-order valence-electron chi connectivity index (χ0n) is 13.4. The van der Waals surface area contributed by atoms with E-state index in [0.717, 1.165) is 37.3 Å². The number of nitrogens with two attached hydrogens (primary N) is 1. The topological polar surface area (TPSA) is 61.6 Å². The summed E-state index contributed by atoms with van der Waals surface area (Å²) in [5.74, 6) is 0.0604. The number of likely N-dealkylation sites (N-methyl/N-ethyl adjacent to an activating group) is 2. The first-order valence-electron chi connectivity index (χ1n) is 7.43. The van der Waals surface area contributed by atoms with Crippen molar-refractivity contribution in [3.05, 3.63) is 29.8 Å². The highest BCUT2D eigenvalue weighted by Gasteiger charge is 2.05. The third-order valence-electron chi connectivity index (χ3n) is 3.32. The first kappa shape index (κ1) is 17.6. The van der Waals surface area contributed by atoms with Gasteiger partial charge in [-0.05, 0) is 51.8 Å². The van der Waals surface area contributed by atoms with Crippen LogP contribution < -0.4 is 11.1 Å². The molecule has 0 aromatic heterocycles. The molecule has 1 aromatic rings. The van der Waals surface area contributed by atoms with Crippen LogP contribution in [0, 0.1) is 0 Å². The van der Waals surface area contributed by atoms with Crippen molar-refractivity contribution in [1.29, 1.82) is 0 Å². The minimum absolute atomic E-state index is 0.0604. The van der Waals surface area contributed by atoms with Gasteiger partial charge in [-0.1, -0.05) is 12.1 Å². The molecule has 5 nitrogen and oxygen atoms in total. The predicted octanol–water partition coefficient (Wildman–Crippen LogP) is 1.36. The van der Waals surface area contributed by atoms with Gasteiger partial charge in [0.1, 0.15) is 0 Å². The molecule has 1 aromatic carbocycles. The molecule has 0 saturated carbocycles. The number of hydrogen-bond donors (Lipinski definition) is 2. The summed E-state index contributed by atoms with van der Waals surface area (Å²) < 4.78 is 0. The molecule has 0 atom stereocenters. The molecule has 0 fully saturated rings. The highest BCUT2D eigenvalue weighted by atomic mass is 16.1. The SMILES string of the molecule is CN(C)CCN(C)CCCC(=O)Nc1cccc(CN)c1. The van der Waals surface area contributed by atoms with E-state index in [2.05, 4.69) is 36.3 Å². The molecule has 21 heavy (non-hydrogen) atoms. The third kappa shape index (κ3) is 7.80. The molecule has 0 aliphatic carbocycles. The Labute approximate surface area is 128 Å². The second kappa shape index (κ2) is 9.50. The van der Waals surface area contributed by atoms with Crippen molar-refractivity contribution in [2.45, 2.75) is 19.4 Å². The number of hydrogen-bond acceptors (Lipinski definition) is 4. The molecule has 0 unspecified atom stereocenters. The predicted molar refractivity (Wildman–Crippen MR) is 88.2 cm³/mol. The summed E-state index contributed by atoms with van der Waals surface area (Å²) in [6.45, 7) is 3.48. The summed E-state index contributed by atoms with van der Waals surface area (Å²) in [6.07, 6.45) is 1.41. The zero-order chi connectivity index (χ0) is 15.7. The Morgan fingerprint density at radius 1 is 1.19 bits per heavy atom. The smallest absolute Gasteiger partial charge is 0.224 e. The Morgan fingerprint density at radius 2 is 1.95 bits per heavy atom. The van der Waals surface area contributed by atoms with Crippen molar-refractivity contribution in [3.63, 3.8) is 0 Å². The van der Waals surface area contributed by atoms with E-state index in [1.165, 1.54) is 0 Å². The highest BCUT2D eigenvalue weighted by molar-refractivity contribution is 5.90. The van der Waals surface area contributed by atoms with Crippen LogP contribution in [0.4, 0.5) is 5.69 Å². The number of benzene rings is 1. The van der Waals surface area contributed by atoms with Crippen molar-refractivity contribution in [3.8, 4) is 0 Å². The molecule has 1 rings (SSSR count). The maximum Gasteiger partial charge on any atom is 0.224 e. The summed E-state index contributed by atoms with van der Waals surface area (Å²) in [5, 5.41) is 2.92. The second-order valence-corrected chi connectivity index (χ2v) is 5.66. The van der Waals surface area contributed by atoms with Crippen molar-refractivity contribution in [2.24, 2.45) is 5.73 Å². The Balaban J connectivity index is 2.24. The molecular weight excluding hydrogens is 264 g/mol. The van der Waals surface area contributed by atoms with E-state index >= 15 is 0 Å². The Morgan fingerprint density at radius 3 is 2.62 bits per heavy atom. The van der Waals surface area contributed by atoms with Gasteiger partial charge in [0.15, 0.2) is 0 Å². The standard InChI is InChI=1S/C16H28N4O/c1-19(2)10-11-20(3)9-5-8-16(21)18-15-7-4-6-14(12-15)13-17/h4,6-7,12H,5,8-11,13,17H2,1-3H3,(H,18,21). The molecule has 0 saturated heterocycles. The highest BCUT2D eigenvalue weighted by Crippen LogP contribution is 2.10. The van der Waals surface area contributed by atoms with E-state index in [1.54, 1.807) is 0 Å². The first-order valence-corrected chi connectivity index (χ1v) is 7.43. The van der Waals surface area contributed by atoms with Crippen LogP contribution in [0.2, 0.25) is 0 Å². The number of anilines is 1. The lowest BCUT2D eigenvalue weighted by Gasteiger charge is -2.19. The Bertz CT molecular complexity index is 434. The number of carbonyl (C=O) groups excluding carboxylic acids is 1. The van der Waals surface area contributed by atoms with E-state index in [4.69, 9.17) is 5.73 Å². The van der Waals surface area contributed by atoms with Gasteiger partial charge in [0.05, 0.1) is 0 Å².